The number of carboxylic acid groups (broad SMARTS) is 1. The van der Waals surface area contributed by atoms with E-state index in [1.807, 2.05) is 0 Å². The van der Waals surface area contributed by atoms with Gasteiger partial charge in [-0.1, -0.05) is 0 Å². The van der Waals surface area contributed by atoms with Gasteiger partial charge in [0.15, 0.2) is 0 Å². The number of methoxy groups -OCH3 is 1. The fourth-order valence-corrected chi connectivity index (χ4v) is 5.09. The van der Waals surface area contributed by atoms with Gasteiger partial charge in [-0.3, -0.25) is 0 Å². The number of rotatable bonds is 8. The molecule has 0 aromatic heterocycles. The second-order valence-electron chi connectivity index (χ2n) is 3.63. The summed E-state index contributed by atoms with van der Waals surface area (Å²) in [4.78, 5) is 19.7. The van der Waals surface area contributed by atoms with Crippen molar-refractivity contribution < 1.29 is 24.5 Å². The molecule has 0 heterocycles. The summed E-state index contributed by atoms with van der Waals surface area (Å²) in [6.07, 6.45) is 7.22. The topological polar surface area (TPSA) is 89.5 Å². The van der Waals surface area contributed by atoms with Gasteiger partial charge in [0.1, 0.15) is 0 Å². The third-order valence-electron chi connectivity index (χ3n) is 1.97. The molecule has 0 saturated carbocycles. The molecule has 0 atom stereocenters. The van der Waals surface area contributed by atoms with Gasteiger partial charge in [-0.25, -0.2) is 4.79 Å². The quantitative estimate of drug-likeness (QED) is 0.260. The van der Waals surface area contributed by atoms with Crippen LogP contribution in [0.4, 0.5) is 0 Å². The molecule has 0 aliphatic heterocycles. The molecule has 0 fully saturated rings. The summed E-state index contributed by atoms with van der Waals surface area (Å²) < 4.78 is 7.33. The summed E-state index contributed by atoms with van der Waals surface area (Å²) in [5.74, 6) is -2.13. The number of esters is 1. The zero-order valence-corrected chi connectivity index (χ0v) is 15.8. The Kier molecular flexibility index (Phi) is 28.8. The maximum Gasteiger partial charge on any atom is 0.330 e. The van der Waals surface area contributed by atoms with Gasteiger partial charge in [-0.2, -0.15) is 7.11 Å². The van der Waals surface area contributed by atoms with Crippen molar-refractivity contribution in [1.82, 2.24) is 0 Å². The largest absolute Gasteiger partial charge is 0.857 e. The summed E-state index contributed by atoms with van der Waals surface area (Å²) in [6, 6.07) is 0. The normalized spacial score (nSPS) is 8.65. The monoisotopic (exact) mass is 394 g/mol. The van der Waals surface area contributed by atoms with Gasteiger partial charge in [0, 0.05) is 6.08 Å². The van der Waals surface area contributed by atoms with E-state index in [0.717, 1.165) is 20.3 Å². The predicted molar refractivity (Wildman–Crippen MR) is 77.3 cm³/mol. The minimum Gasteiger partial charge on any atom is -0.857 e. The molecule has 0 saturated heterocycles. The molecule has 0 amide bonds. The van der Waals surface area contributed by atoms with Crippen molar-refractivity contribution in [1.29, 1.82) is 0 Å². The molecule has 6 heteroatoms. The summed E-state index contributed by atoms with van der Waals surface area (Å²) >= 11 is 0.149. The molecule has 5 nitrogen and oxygen atoms in total. The zero-order chi connectivity index (χ0) is 16.2. The Labute approximate surface area is 132 Å². The molecule has 20 heavy (non-hydrogen) atoms. The first kappa shape index (κ1) is 24.5. The molecule has 0 aliphatic carbocycles. The van der Waals surface area contributed by atoms with Crippen LogP contribution in [-0.4, -0.2) is 47.3 Å². The van der Waals surface area contributed by atoms with Crippen LogP contribution in [0.25, 0.3) is 0 Å². The van der Waals surface area contributed by atoms with Gasteiger partial charge in [0.2, 0.25) is 0 Å². The van der Waals surface area contributed by atoms with Crippen LogP contribution in [0.3, 0.4) is 0 Å². The number of ether oxygens (including phenoxy) is 1. The smallest absolute Gasteiger partial charge is 0.330 e. The molecular formula is C14H26O5Sn. The van der Waals surface area contributed by atoms with Crippen LogP contribution >= 0.6 is 0 Å². The average Bonchev–Trinajstić information content (AvgIpc) is 2.47. The summed E-state index contributed by atoms with van der Waals surface area (Å²) in [6.45, 7) is 4.58. The van der Waals surface area contributed by atoms with Crippen molar-refractivity contribution in [2.45, 2.75) is 48.4 Å². The molecule has 0 aromatic rings. The molecular weight excluding hydrogens is 367 g/mol. The van der Waals surface area contributed by atoms with Crippen molar-refractivity contribution in [2.75, 3.05) is 14.2 Å². The maximum absolute atomic E-state index is 10.1. The van der Waals surface area contributed by atoms with E-state index in [0.29, 0.717) is 6.08 Å². The van der Waals surface area contributed by atoms with Gasteiger partial charge in [0.25, 0.3) is 0 Å². The maximum atomic E-state index is 10.1. The van der Waals surface area contributed by atoms with Crippen LogP contribution in [0.5, 0.6) is 0 Å². The van der Waals surface area contributed by atoms with Crippen molar-refractivity contribution in [3.05, 3.63) is 12.2 Å². The number of carbonyl (C=O) groups is 2. The first-order chi connectivity index (χ1) is 9.58. The fraction of sp³-hybridized carbons (Fsp3) is 0.714. The van der Waals surface area contributed by atoms with E-state index in [-0.39, 0.29) is 21.1 Å². The van der Waals surface area contributed by atoms with E-state index in [4.69, 9.17) is 5.11 Å². The van der Waals surface area contributed by atoms with Crippen LogP contribution in [0, 0.1) is 0 Å². The van der Waals surface area contributed by atoms with E-state index in [9.17, 15) is 14.7 Å². The molecule has 0 unspecified atom stereocenters. The molecule has 0 bridgehead atoms. The summed E-state index contributed by atoms with van der Waals surface area (Å²) in [5.41, 5.74) is 0. The number of unbranched alkanes of at least 4 members (excludes halogenated alkanes) is 2. The molecule has 0 radical (unpaired) electrons. The average molecular weight is 393 g/mol. The van der Waals surface area contributed by atoms with Gasteiger partial charge < -0.3 is 19.7 Å². The Morgan fingerprint density at radius 1 is 1.05 bits per heavy atom. The molecule has 0 aliphatic rings. The van der Waals surface area contributed by atoms with Gasteiger partial charge >= 0.3 is 75.5 Å². The Morgan fingerprint density at radius 2 is 1.50 bits per heavy atom. The van der Waals surface area contributed by atoms with E-state index in [1.165, 1.54) is 25.7 Å². The van der Waals surface area contributed by atoms with Gasteiger partial charge in [-0.05, 0) is 6.08 Å². The number of hydrogen-bond donors (Lipinski definition) is 0. The van der Waals surface area contributed by atoms with E-state index >= 15 is 0 Å². The third kappa shape index (κ3) is 30.5. The van der Waals surface area contributed by atoms with Crippen LogP contribution in [0.15, 0.2) is 12.2 Å². The Morgan fingerprint density at radius 3 is 1.80 bits per heavy atom. The SMILES string of the molecule is CCC[CH2][Sn+2][CH2]CCC.COC(=O)C=CC(=O)[O-].C[O-]. The summed E-state index contributed by atoms with van der Waals surface area (Å²) in [7, 11) is 1.90. The molecule has 0 N–H and O–H groups in total. The van der Waals surface area contributed by atoms with Crippen molar-refractivity contribution in [3.63, 3.8) is 0 Å². The Bertz CT molecular complexity index is 236. The minimum atomic E-state index is -1.42. The van der Waals surface area contributed by atoms with Crippen LogP contribution in [0.2, 0.25) is 8.87 Å². The van der Waals surface area contributed by atoms with Gasteiger partial charge in [0.05, 0.1) is 13.1 Å². The van der Waals surface area contributed by atoms with E-state index in [1.54, 1.807) is 8.87 Å². The molecule has 116 valence electrons. The van der Waals surface area contributed by atoms with Crippen molar-refractivity contribution >= 4 is 33.1 Å². The number of hydrogen-bond acceptors (Lipinski definition) is 5. The molecule has 0 aromatic carbocycles. The second-order valence-corrected chi connectivity index (χ2v) is 7.91. The summed E-state index contributed by atoms with van der Waals surface area (Å²) in [5, 5.41) is 17.9. The van der Waals surface area contributed by atoms with E-state index in [2.05, 4.69) is 18.6 Å². The van der Waals surface area contributed by atoms with E-state index < -0.39 is 11.9 Å². The van der Waals surface area contributed by atoms with Crippen LogP contribution < -0.4 is 10.2 Å². The minimum absolute atomic E-state index is 0.149. The van der Waals surface area contributed by atoms with Crippen molar-refractivity contribution in [3.8, 4) is 0 Å². The fourth-order valence-electron chi connectivity index (χ4n) is 0.933. The molecule has 0 spiro atoms. The number of carbonyl (C=O) groups excluding carboxylic acids is 2. The number of carboxylic acids is 1. The van der Waals surface area contributed by atoms with Crippen LogP contribution in [0.1, 0.15) is 39.5 Å². The zero-order valence-electron chi connectivity index (χ0n) is 12.9. The first-order valence-corrected chi connectivity index (χ1v) is 10.7. The van der Waals surface area contributed by atoms with Gasteiger partial charge in [-0.15, -0.1) is 0 Å². The predicted octanol–water partition coefficient (Wildman–Crippen LogP) is 0.569. The Hall–Kier alpha value is -0.561. The first-order valence-electron chi connectivity index (χ1n) is 6.66. The Balaban J connectivity index is -0.000000257. The molecule has 0 rings (SSSR count). The third-order valence-corrected chi connectivity index (χ3v) is 6.01. The number of aliphatic carboxylic acids is 1. The van der Waals surface area contributed by atoms with Crippen LogP contribution in [-0.2, 0) is 14.3 Å². The van der Waals surface area contributed by atoms with Crippen molar-refractivity contribution in [2.24, 2.45) is 0 Å². The second kappa shape index (κ2) is 23.5. The standard InChI is InChI=1S/C5H6O4.2C4H9.CH3O.Sn/c1-9-5(8)3-2-4(6)7;2*1-3-4-2;1-2;/h2-3H,1H3,(H,6,7);2*1,3-4H2,2H3;1H3;/q;;;-1;+2/p-1.